The van der Waals surface area contributed by atoms with Gasteiger partial charge in [-0.25, -0.2) is 18.5 Å². The first-order chi connectivity index (χ1) is 17.3. The van der Waals surface area contributed by atoms with Crippen LogP contribution >= 0.6 is 0 Å². The molecule has 0 spiro atoms. The number of nitrogens with one attached hydrogen (secondary N) is 1. The van der Waals surface area contributed by atoms with Gasteiger partial charge in [-0.1, -0.05) is 36.1 Å². The zero-order valence-corrected chi connectivity index (χ0v) is 20.5. The number of aromatic amines is 1. The molecule has 0 radical (unpaired) electrons. The molecule has 4 rings (SSSR count). The topological polar surface area (TPSA) is 139 Å². The molecule has 36 heavy (non-hydrogen) atoms. The number of benzene rings is 2. The van der Waals surface area contributed by atoms with Crippen LogP contribution < -0.4 is 10.7 Å². The van der Waals surface area contributed by atoms with Gasteiger partial charge < -0.3 is 14.8 Å². The summed E-state index contributed by atoms with van der Waals surface area (Å²) < 4.78 is 28.9. The fraction of sp³-hybridized carbons (Fsp3) is 0.308. The Balaban J connectivity index is 1.43. The van der Waals surface area contributed by atoms with Gasteiger partial charge in [0.1, 0.15) is 0 Å². The van der Waals surface area contributed by atoms with E-state index in [2.05, 4.69) is 38.8 Å². The summed E-state index contributed by atoms with van der Waals surface area (Å²) in [5.41, 5.74) is 3.00. The van der Waals surface area contributed by atoms with Crippen molar-refractivity contribution in [2.24, 2.45) is 5.14 Å². The summed E-state index contributed by atoms with van der Waals surface area (Å²) in [5.74, 6) is 4.45. The molecule has 1 aliphatic heterocycles. The van der Waals surface area contributed by atoms with Crippen molar-refractivity contribution < 1.29 is 18.3 Å². The Morgan fingerprint density at radius 1 is 1.03 bits per heavy atom. The highest BCUT2D eigenvalue weighted by atomic mass is 32.2. The van der Waals surface area contributed by atoms with Gasteiger partial charge in [-0.15, -0.1) is 0 Å². The molecule has 2 heterocycles. The van der Waals surface area contributed by atoms with E-state index in [9.17, 15) is 18.3 Å². The normalized spacial score (nSPS) is 15.1. The number of primary sulfonamides is 1. The van der Waals surface area contributed by atoms with Crippen LogP contribution in [-0.2, 0) is 27.7 Å². The summed E-state index contributed by atoms with van der Waals surface area (Å²) in [4.78, 5) is 20.4. The standard InChI is InChI=1S/C26H28N4O5S/c27-36(33,34)17-23(24-25(31)26(32)29-18-28-24)15-21-7-3-19(4-8-21)1-2-20-5-9-22(10-6-20)16-30-11-13-35-14-12-30/h3-10,18,23,31H,11-17H2,(H2,27,33,34)(H,28,29,32). The van der Waals surface area contributed by atoms with Crippen molar-refractivity contribution in [2.75, 3.05) is 32.1 Å². The summed E-state index contributed by atoms with van der Waals surface area (Å²) in [5, 5.41) is 15.3. The Morgan fingerprint density at radius 2 is 1.61 bits per heavy atom. The molecule has 1 aliphatic rings. The van der Waals surface area contributed by atoms with Gasteiger partial charge in [-0.05, 0) is 41.8 Å². The molecule has 1 unspecified atom stereocenters. The van der Waals surface area contributed by atoms with Crippen LogP contribution in [-0.4, -0.2) is 60.4 Å². The van der Waals surface area contributed by atoms with Crippen LogP contribution in [0.3, 0.4) is 0 Å². The number of morpholine rings is 1. The third-order valence-corrected chi connectivity index (χ3v) is 6.80. The molecule has 0 saturated carbocycles. The number of nitrogens with zero attached hydrogens (tertiary/aromatic N) is 2. The largest absolute Gasteiger partial charge is 0.502 e. The summed E-state index contributed by atoms with van der Waals surface area (Å²) in [6.07, 6.45) is 1.35. The van der Waals surface area contributed by atoms with Crippen molar-refractivity contribution in [3.63, 3.8) is 0 Å². The predicted molar refractivity (Wildman–Crippen MR) is 136 cm³/mol. The molecule has 3 aromatic rings. The minimum Gasteiger partial charge on any atom is -0.502 e. The number of nitrogens with two attached hydrogens (primary N) is 1. The Hall–Kier alpha value is -3.49. The van der Waals surface area contributed by atoms with Crippen LogP contribution in [0.25, 0.3) is 0 Å². The second-order valence-electron chi connectivity index (χ2n) is 8.73. The molecule has 1 aromatic heterocycles. The number of sulfonamides is 1. The summed E-state index contributed by atoms with van der Waals surface area (Å²) in [7, 11) is -3.87. The van der Waals surface area contributed by atoms with E-state index in [4.69, 9.17) is 9.88 Å². The van der Waals surface area contributed by atoms with E-state index in [1.165, 1.54) is 5.56 Å². The van der Waals surface area contributed by atoms with Gasteiger partial charge in [-0.2, -0.15) is 0 Å². The predicted octanol–water partition coefficient (Wildman–Crippen LogP) is 1.32. The van der Waals surface area contributed by atoms with E-state index in [1.807, 2.05) is 36.4 Å². The van der Waals surface area contributed by atoms with Gasteiger partial charge in [0.15, 0.2) is 0 Å². The quantitative estimate of drug-likeness (QED) is 0.409. The highest BCUT2D eigenvalue weighted by Crippen LogP contribution is 2.25. The zero-order chi connectivity index (χ0) is 25.5. The van der Waals surface area contributed by atoms with E-state index in [-0.39, 0.29) is 12.1 Å². The van der Waals surface area contributed by atoms with Gasteiger partial charge in [0.05, 0.1) is 31.0 Å². The second kappa shape index (κ2) is 11.5. The Kier molecular flexibility index (Phi) is 8.18. The third-order valence-electron chi connectivity index (χ3n) is 5.93. The van der Waals surface area contributed by atoms with Crippen LogP contribution in [0.1, 0.15) is 33.9 Å². The molecular weight excluding hydrogens is 480 g/mol. The van der Waals surface area contributed by atoms with Crippen molar-refractivity contribution in [1.29, 1.82) is 0 Å². The molecule has 1 saturated heterocycles. The zero-order valence-electron chi connectivity index (χ0n) is 19.7. The second-order valence-corrected chi connectivity index (χ2v) is 10.4. The number of H-pyrrole nitrogens is 1. The first kappa shape index (κ1) is 25.6. The smallest absolute Gasteiger partial charge is 0.293 e. The molecular formula is C26H28N4O5S. The van der Waals surface area contributed by atoms with Gasteiger partial charge in [0.2, 0.25) is 15.8 Å². The summed E-state index contributed by atoms with van der Waals surface area (Å²) in [6, 6.07) is 15.5. The maximum Gasteiger partial charge on any atom is 0.293 e. The number of hydrogen-bond acceptors (Lipinski definition) is 7. The highest BCUT2D eigenvalue weighted by molar-refractivity contribution is 7.89. The molecule has 188 valence electrons. The first-order valence-corrected chi connectivity index (χ1v) is 13.3. The number of rotatable bonds is 7. The van der Waals surface area contributed by atoms with E-state index in [1.54, 1.807) is 0 Å². The van der Waals surface area contributed by atoms with E-state index in [0.717, 1.165) is 55.9 Å². The fourth-order valence-electron chi connectivity index (χ4n) is 4.08. The molecule has 1 fully saturated rings. The molecule has 1 atom stereocenters. The minimum absolute atomic E-state index is 0.00582. The van der Waals surface area contributed by atoms with Gasteiger partial charge in [0.25, 0.3) is 5.56 Å². The lowest BCUT2D eigenvalue weighted by atomic mass is 9.96. The van der Waals surface area contributed by atoms with Crippen molar-refractivity contribution in [3.05, 3.63) is 93.2 Å². The van der Waals surface area contributed by atoms with Crippen molar-refractivity contribution in [1.82, 2.24) is 14.9 Å². The van der Waals surface area contributed by atoms with Crippen LogP contribution in [0.4, 0.5) is 0 Å². The van der Waals surface area contributed by atoms with Crippen LogP contribution in [0.2, 0.25) is 0 Å². The van der Waals surface area contributed by atoms with Crippen molar-refractivity contribution in [3.8, 4) is 17.6 Å². The SMILES string of the molecule is NS(=O)(=O)CC(Cc1ccc(C#Cc2ccc(CN3CCOCC3)cc2)cc1)c1nc[nH]c(=O)c1O. The molecule has 9 nitrogen and oxygen atoms in total. The average molecular weight is 509 g/mol. The molecule has 0 bridgehead atoms. The summed E-state index contributed by atoms with van der Waals surface area (Å²) >= 11 is 0. The lowest BCUT2D eigenvalue weighted by molar-refractivity contribution is 0.0342. The molecule has 0 amide bonds. The number of aromatic hydroxyl groups is 1. The van der Waals surface area contributed by atoms with Crippen LogP contribution in [0.5, 0.6) is 5.75 Å². The number of aromatic nitrogens is 2. The Labute approximate surface area is 210 Å². The number of hydrogen-bond donors (Lipinski definition) is 3. The maximum absolute atomic E-state index is 11.8. The van der Waals surface area contributed by atoms with Crippen LogP contribution in [0.15, 0.2) is 59.7 Å². The van der Waals surface area contributed by atoms with E-state index in [0.29, 0.717) is 0 Å². The third kappa shape index (κ3) is 7.26. The highest BCUT2D eigenvalue weighted by Gasteiger charge is 2.24. The minimum atomic E-state index is -3.87. The van der Waals surface area contributed by atoms with E-state index < -0.39 is 33.0 Å². The van der Waals surface area contributed by atoms with Crippen molar-refractivity contribution in [2.45, 2.75) is 18.9 Å². The number of ether oxygens (including phenoxy) is 1. The Bertz CT molecular complexity index is 1400. The van der Waals surface area contributed by atoms with Gasteiger partial charge in [-0.3, -0.25) is 9.69 Å². The van der Waals surface area contributed by atoms with Gasteiger partial charge in [0, 0.05) is 36.7 Å². The first-order valence-electron chi connectivity index (χ1n) is 11.5. The molecule has 4 N–H and O–H groups in total. The Morgan fingerprint density at radius 3 is 2.19 bits per heavy atom. The monoisotopic (exact) mass is 508 g/mol. The van der Waals surface area contributed by atoms with Gasteiger partial charge >= 0.3 is 0 Å². The lowest BCUT2D eigenvalue weighted by Gasteiger charge is -2.26. The van der Waals surface area contributed by atoms with Crippen molar-refractivity contribution >= 4 is 10.0 Å². The summed E-state index contributed by atoms with van der Waals surface area (Å²) in [6.45, 7) is 4.35. The maximum atomic E-state index is 11.8. The molecule has 10 heteroatoms. The fourth-order valence-corrected chi connectivity index (χ4v) is 4.92. The lowest BCUT2D eigenvalue weighted by Crippen LogP contribution is -2.35. The average Bonchev–Trinajstić information content (AvgIpc) is 2.86. The van der Waals surface area contributed by atoms with Crippen LogP contribution in [0, 0.1) is 11.8 Å². The molecule has 0 aliphatic carbocycles. The molecule has 2 aromatic carbocycles. The van der Waals surface area contributed by atoms with E-state index >= 15 is 0 Å².